The van der Waals surface area contributed by atoms with Crippen molar-refractivity contribution in [2.24, 2.45) is 0 Å². The van der Waals surface area contributed by atoms with Crippen molar-refractivity contribution in [3.05, 3.63) is 28.7 Å². The molecule has 0 saturated carbocycles. The lowest BCUT2D eigenvalue weighted by Gasteiger charge is -2.19. The molecule has 2 aromatic rings. The first-order valence-corrected chi connectivity index (χ1v) is 7.20. The molecule has 7 heteroatoms. The second-order valence-corrected chi connectivity index (χ2v) is 5.04. The van der Waals surface area contributed by atoms with Gasteiger partial charge in [-0.2, -0.15) is 15.0 Å². The zero-order valence-electron chi connectivity index (χ0n) is 11.5. The summed E-state index contributed by atoms with van der Waals surface area (Å²) in [7, 11) is 0. The number of rotatable bonds is 5. The number of hydrogen-bond acceptors (Lipinski definition) is 6. The van der Waals surface area contributed by atoms with E-state index in [4.69, 9.17) is 5.73 Å². The third-order valence-electron chi connectivity index (χ3n) is 2.77. The summed E-state index contributed by atoms with van der Waals surface area (Å²) in [4.78, 5) is 14.7. The summed E-state index contributed by atoms with van der Waals surface area (Å²) in [5, 5.41) is 3.13. The first-order chi connectivity index (χ1) is 9.62. The molecule has 3 N–H and O–H groups in total. The first-order valence-electron chi connectivity index (χ1n) is 6.41. The largest absolute Gasteiger partial charge is 0.368 e. The van der Waals surface area contributed by atoms with Gasteiger partial charge in [-0.3, -0.25) is 0 Å². The van der Waals surface area contributed by atoms with Crippen LogP contribution >= 0.6 is 15.9 Å². The van der Waals surface area contributed by atoms with Gasteiger partial charge in [-0.05, 0) is 32.0 Å². The van der Waals surface area contributed by atoms with Crippen LogP contribution in [0.5, 0.6) is 0 Å². The molecule has 0 saturated heterocycles. The van der Waals surface area contributed by atoms with Crippen LogP contribution in [0.4, 0.5) is 23.5 Å². The highest BCUT2D eigenvalue weighted by atomic mass is 79.9. The van der Waals surface area contributed by atoms with Gasteiger partial charge in [0.15, 0.2) is 0 Å². The van der Waals surface area contributed by atoms with Crippen LogP contribution in [0.3, 0.4) is 0 Å². The van der Waals surface area contributed by atoms with E-state index in [1.807, 2.05) is 43.0 Å². The van der Waals surface area contributed by atoms with Crippen LogP contribution in [-0.2, 0) is 0 Å². The van der Waals surface area contributed by atoms with Crippen molar-refractivity contribution in [3.8, 4) is 0 Å². The average molecular weight is 337 g/mol. The van der Waals surface area contributed by atoms with Crippen LogP contribution < -0.4 is 16.0 Å². The van der Waals surface area contributed by atoms with Gasteiger partial charge in [0.1, 0.15) is 0 Å². The van der Waals surface area contributed by atoms with E-state index in [9.17, 15) is 0 Å². The molecule has 0 aliphatic rings. The molecule has 0 aliphatic carbocycles. The lowest BCUT2D eigenvalue weighted by molar-refractivity contribution is 0.816. The second-order valence-electron chi connectivity index (χ2n) is 4.12. The van der Waals surface area contributed by atoms with Gasteiger partial charge in [0, 0.05) is 23.2 Å². The van der Waals surface area contributed by atoms with Crippen molar-refractivity contribution in [2.75, 3.05) is 29.0 Å². The van der Waals surface area contributed by atoms with Gasteiger partial charge in [0.2, 0.25) is 17.8 Å². The van der Waals surface area contributed by atoms with Gasteiger partial charge >= 0.3 is 0 Å². The van der Waals surface area contributed by atoms with E-state index in [2.05, 4.69) is 36.2 Å². The van der Waals surface area contributed by atoms with E-state index in [1.54, 1.807) is 0 Å². The molecule has 1 aromatic heterocycles. The van der Waals surface area contributed by atoms with Gasteiger partial charge in [-0.25, -0.2) is 0 Å². The van der Waals surface area contributed by atoms with Gasteiger partial charge in [0.05, 0.1) is 0 Å². The zero-order chi connectivity index (χ0) is 14.5. The highest BCUT2D eigenvalue weighted by Crippen LogP contribution is 2.20. The number of nitrogens with one attached hydrogen (secondary N) is 1. The van der Waals surface area contributed by atoms with E-state index in [0.29, 0.717) is 11.9 Å². The molecule has 6 nitrogen and oxygen atoms in total. The Kier molecular flexibility index (Phi) is 4.73. The molecule has 0 spiro atoms. The summed E-state index contributed by atoms with van der Waals surface area (Å²) in [6, 6.07) is 7.76. The highest BCUT2D eigenvalue weighted by Gasteiger charge is 2.09. The molecule has 0 unspecified atom stereocenters. The summed E-state index contributed by atoms with van der Waals surface area (Å²) in [5.41, 5.74) is 6.64. The van der Waals surface area contributed by atoms with E-state index < -0.39 is 0 Å². The van der Waals surface area contributed by atoms with Crippen LogP contribution in [0, 0.1) is 0 Å². The van der Waals surface area contributed by atoms with Crippen molar-refractivity contribution in [3.63, 3.8) is 0 Å². The van der Waals surface area contributed by atoms with Crippen molar-refractivity contribution in [1.29, 1.82) is 0 Å². The van der Waals surface area contributed by atoms with Crippen LogP contribution in [0.15, 0.2) is 28.7 Å². The molecule has 20 heavy (non-hydrogen) atoms. The molecular formula is C13H17BrN6. The summed E-state index contributed by atoms with van der Waals surface area (Å²) in [6.07, 6.45) is 0. The second kappa shape index (κ2) is 6.51. The van der Waals surface area contributed by atoms with E-state index in [-0.39, 0.29) is 5.95 Å². The first kappa shape index (κ1) is 14.5. The molecular weight excluding hydrogens is 320 g/mol. The normalized spacial score (nSPS) is 10.3. The maximum Gasteiger partial charge on any atom is 0.233 e. The van der Waals surface area contributed by atoms with Crippen LogP contribution in [0.2, 0.25) is 0 Å². The van der Waals surface area contributed by atoms with E-state index in [0.717, 1.165) is 23.2 Å². The fourth-order valence-electron chi connectivity index (χ4n) is 1.78. The Morgan fingerprint density at radius 2 is 1.95 bits per heavy atom. The number of halogens is 1. The standard InChI is InChI=1S/C13H17BrN6/c1-3-20(4-2)13-18-11(15)17-12(19-13)16-10-7-5-6-9(14)8-10/h5-8H,3-4H2,1-2H3,(H3,15,16,17,18,19). The molecule has 0 atom stereocenters. The minimum Gasteiger partial charge on any atom is -0.368 e. The predicted octanol–water partition coefficient (Wildman–Crippen LogP) is 2.81. The topological polar surface area (TPSA) is 80.0 Å². The Morgan fingerprint density at radius 3 is 2.60 bits per heavy atom. The minimum atomic E-state index is 0.208. The Hall–Kier alpha value is -1.89. The Labute approximate surface area is 126 Å². The maximum absolute atomic E-state index is 5.75. The number of nitrogen functional groups attached to an aromatic ring is 1. The lowest BCUT2D eigenvalue weighted by Crippen LogP contribution is -2.25. The number of nitrogens with two attached hydrogens (primary N) is 1. The zero-order valence-corrected chi connectivity index (χ0v) is 13.1. The maximum atomic E-state index is 5.75. The summed E-state index contributed by atoms with van der Waals surface area (Å²) in [5.74, 6) is 1.23. The molecule has 1 heterocycles. The molecule has 2 rings (SSSR count). The molecule has 0 fully saturated rings. The van der Waals surface area contributed by atoms with E-state index >= 15 is 0 Å². The van der Waals surface area contributed by atoms with Crippen molar-refractivity contribution < 1.29 is 0 Å². The van der Waals surface area contributed by atoms with Crippen molar-refractivity contribution in [2.45, 2.75) is 13.8 Å². The smallest absolute Gasteiger partial charge is 0.233 e. The number of hydrogen-bond donors (Lipinski definition) is 2. The SMILES string of the molecule is CCN(CC)c1nc(N)nc(Nc2cccc(Br)c2)n1. The summed E-state index contributed by atoms with van der Waals surface area (Å²) >= 11 is 3.42. The number of nitrogens with zero attached hydrogens (tertiary/aromatic N) is 4. The highest BCUT2D eigenvalue weighted by molar-refractivity contribution is 9.10. The molecule has 1 aromatic carbocycles. The predicted molar refractivity (Wildman–Crippen MR) is 85.2 cm³/mol. The number of benzene rings is 1. The summed E-state index contributed by atoms with van der Waals surface area (Å²) in [6.45, 7) is 5.72. The van der Waals surface area contributed by atoms with E-state index in [1.165, 1.54) is 0 Å². The molecule has 106 valence electrons. The third kappa shape index (κ3) is 3.57. The fourth-order valence-corrected chi connectivity index (χ4v) is 2.18. The molecule has 0 bridgehead atoms. The Balaban J connectivity index is 2.28. The number of anilines is 4. The van der Waals surface area contributed by atoms with Crippen LogP contribution in [0.25, 0.3) is 0 Å². The third-order valence-corrected chi connectivity index (χ3v) is 3.26. The Morgan fingerprint density at radius 1 is 1.20 bits per heavy atom. The van der Waals surface area contributed by atoms with Gasteiger partial charge in [-0.1, -0.05) is 22.0 Å². The van der Waals surface area contributed by atoms with Gasteiger partial charge in [-0.15, -0.1) is 0 Å². The lowest BCUT2D eigenvalue weighted by atomic mass is 10.3. The van der Waals surface area contributed by atoms with Crippen LogP contribution in [0.1, 0.15) is 13.8 Å². The van der Waals surface area contributed by atoms with Gasteiger partial charge < -0.3 is 16.0 Å². The van der Waals surface area contributed by atoms with Gasteiger partial charge in [0.25, 0.3) is 0 Å². The quantitative estimate of drug-likeness (QED) is 0.873. The molecule has 0 amide bonds. The molecule has 0 aliphatic heterocycles. The number of aromatic nitrogens is 3. The van der Waals surface area contributed by atoms with Crippen LogP contribution in [-0.4, -0.2) is 28.0 Å². The fraction of sp³-hybridized carbons (Fsp3) is 0.308. The monoisotopic (exact) mass is 336 g/mol. The Bertz CT molecular complexity index is 585. The average Bonchev–Trinajstić information content (AvgIpc) is 2.39. The minimum absolute atomic E-state index is 0.208. The molecule has 0 radical (unpaired) electrons. The summed E-state index contributed by atoms with van der Waals surface area (Å²) < 4.78 is 0.980. The van der Waals surface area contributed by atoms with Crippen molar-refractivity contribution >= 4 is 39.5 Å². The van der Waals surface area contributed by atoms with Crippen molar-refractivity contribution in [1.82, 2.24) is 15.0 Å².